The van der Waals surface area contributed by atoms with Gasteiger partial charge in [-0.15, -0.1) is 25.3 Å². The molecule has 0 bridgehead atoms. The molecule has 0 aliphatic heterocycles. The Morgan fingerprint density at radius 1 is 0.778 bits per heavy atom. The molecule has 3 aromatic carbocycles. The third-order valence-corrected chi connectivity index (χ3v) is 4.28. The third kappa shape index (κ3) is 1.66. The van der Waals surface area contributed by atoms with Crippen molar-refractivity contribution in [3.63, 3.8) is 0 Å². The van der Waals surface area contributed by atoms with E-state index in [9.17, 15) is 0 Å². The summed E-state index contributed by atoms with van der Waals surface area (Å²) in [5, 5.41) is 4.57. The van der Waals surface area contributed by atoms with E-state index in [1.54, 1.807) is 7.11 Å². The number of ether oxygens (including phenoxy) is 1. The Balaban J connectivity index is 2.55. The molecule has 0 spiro atoms. The maximum absolute atomic E-state index is 5.27. The Labute approximate surface area is 117 Å². The van der Waals surface area contributed by atoms with Gasteiger partial charge in [-0.25, -0.2) is 0 Å². The summed E-state index contributed by atoms with van der Waals surface area (Å²) in [7, 11) is 1.67. The van der Waals surface area contributed by atoms with Crippen LogP contribution >= 0.6 is 25.3 Å². The molecule has 3 heteroatoms. The standard InChI is InChI=1S/C15H12OS2/c1-16-9-6-7-11-10-4-2-3-5-12(10)14(17)15(18)13(11)8-9/h2-8,17-18H,1H3. The average molecular weight is 272 g/mol. The second-order valence-corrected chi connectivity index (χ2v) is 5.05. The molecule has 0 fully saturated rings. The zero-order valence-electron chi connectivity index (χ0n) is 9.84. The summed E-state index contributed by atoms with van der Waals surface area (Å²) >= 11 is 9.18. The van der Waals surface area contributed by atoms with E-state index in [4.69, 9.17) is 4.74 Å². The minimum absolute atomic E-state index is 0.834. The lowest BCUT2D eigenvalue weighted by molar-refractivity contribution is 0.415. The molecule has 0 unspecified atom stereocenters. The van der Waals surface area contributed by atoms with E-state index in [0.717, 1.165) is 26.3 Å². The second kappa shape index (κ2) is 4.41. The van der Waals surface area contributed by atoms with Crippen molar-refractivity contribution >= 4 is 46.8 Å². The smallest absolute Gasteiger partial charge is 0.119 e. The molecule has 0 atom stereocenters. The van der Waals surface area contributed by atoms with Crippen molar-refractivity contribution in [2.75, 3.05) is 7.11 Å². The molecule has 90 valence electrons. The van der Waals surface area contributed by atoms with E-state index in [1.807, 2.05) is 24.3 Å². The Bertz CT molecular complexity index is 750. The van der Waals surface area contributed by atoms with Crippen LogP contribution in [0.15, 0.2) is 52.3 Å². The van der Waals surface area contributed by atoms with Gasteiger partial charge in [-0.3, -0.25) is 0 Å². The van der Waals surface area contributed by atoms with Crippen LogP contribution in [-0.2, 0) is 0 Å². The Kier molecular flexibility index (Phi) is 2.88. The van der Waals surface area contributed by atoms with Crippen molar-refractivity contribution < 1.29 is 4.74 Å². The summed E-state index contributed by atoms with van der Waals surface area (Å²) in [6, 6.07) is 14.3. The number of rotatable bonds is 1. The summed E-state index contributed by atoms with van der Waals surface area (Å²) in [5.74, 6) is 0.834. The molecule has 1 nitrogen and oxygen atoms in total. The fourth-order valence-electron chi connectivity index (χ4n) is 2.26. The summed E-state index contributed by atoms with van der Waals surface area (Å²) in [6.45, 7) is 0. The minimum Gasteiger partial charge on any atom is -0.497 e. The Morgan fingerprint density at radius 2 is 1.39 bits per heavy atom. The Morgan fingerprint density at radius 3 is 2.11 bits per heavy atom. The molecular formula is C15H12OS2. The van der Waals surface area contributed by atoms with Gasteiger partial charge in [-0.05, 0) is 28.3 Å². The number of hydrogen-bond acceptors (Lipinski definition) is 3. The first-order valence-corrected chi connectivity index (χ1v) is 6.52. The van der Waals surface area contributed by atoms with Gasteiger partial charge in [0.25, 0.3) is 0 Å². The van der Waals surface area contributed by atoms with Crippen LogP contribution in [0, 0.1) is 0 Å². The van der Waals surface area contributed by atoms with Gasteiger partial charge in [0.05, 0.1) is 7.11 Å². The molecular weight excluding hydrogens is 260 g/mol. The number of benzene rings is 3. The second-order valence-electron chi connectivity index (χ2n) is 4.15. The van der Waals surface area contributed by atoms with Crippen LogP contribution in [0.1, 0.15) is 0 Å². The first-order valence-electron chi connectivity index (χ1n) is 5.62. The molecule has 18 heavy (non-hydrogen) atoms. The highest BCUT2D eigenvalue weighted by Crippen LogP contribution is 2.38. The number of methoxy groups -OCH3 is 1. The van der Waals surface area contributed by atoms with Crippen molar-refractivity contribution in [3.8, 4) is 5.75 Å². The van der Waals surface area contributed by atoms with Crippen molar-refractivity contribution in [2.45, 2.75) is 9.79 Å². The molecule has 0 N–H and O–H groups in total. The van der Waals surface area contributed by atoms with E-state index >= 15 is 0 Å². The molecule has 0 saturated carbocycles. The van der Waals surface area contributed by atoms with E-state index in [0.29, 0.717) is 0 Å². The number of thiol groups is 2. The molecule has 0 heterocycles. The predicted octanol–water partition coefficient (Wildman–Crippen LogP) is 4.58. The molecule has 3 aromatic rings. The minimum atomic E-state index is 0.834. The third-order valence-electron chi connectivity index (χ3n) is 3.18. The highest BCUT2D eigenvalue weighted by Gasteiger charge is 2.10. The van der Waals surface area contributed by atoms with E-state index in [2.05, 4.69) is 43.5 Å². The molecule has 0 amide bonds. The van der Waals surface area contributed by atoms with Crippen LogP contribution in [0.2, 0.25) is 0 Å². The summed E-state index contributed by atoms with van der Waals surface area (Å²) in [4.78, 5) is 1.81. The highest BCUT2D eigenvalue weighted by molar-refractivity contribution is 7.84. The van der Waals surface area contributed by atoms with Gasteiger partial charge in [0.15, 0.2) is 0 Å². The fraction of sp³-hybridized carbons (Fsp3) is 0.0667. The van der Waals surface area contributed by atoms with E-state index in [1.165, 1.54) is 10.8 Å². The average Bonchev–Trinajstić information content (AvgIpc) is 2.44. The summed E-state index contributed by atoms with van der Waals surface area (Å²) in [6.07, 6.45) is 0. The van der Waals surface area contributed by atoms with Crippen molar-refractivity contribution in [1.29, 1.82) is 0 Å². The number of hydrogen-bond donors (Lipinski definition) is 2. The van der Waals surface area contributed by atoms with Gasteiger partial charge in [0.1, 0.15) is 5.75 Å². The number of fused-ring (bicyclic) bond motifs is 3. The maximum atomic E-state index is 5.27. The molecule has 3 rings (SSSR count). The summed E-state index contributed by atoms with van der Waals surface area (Å²) in [5.41, 5.74) is 0. The van der Waals surface area contributed by atoms with Crippen LogP contribution in [0.25, 0.3) is 21.5 Å². The topological polar surface area (TPSA) is 9.23 Å². The van der Waals surface area contributed by atoms with Gasteiger partial charge in [-0.2, -0.15) is 0 Å². The fourth-order valence-corrected chi connectivity index (χ4v) is 2.88. The van der Waals surface area contributed by atoms with Gasteiger partial charge in [0.2, 0.25) is 0 Å². The van der Waals surface area contributed by atoms with Crippen LogP contribution in [0.3, 0.4) is 0 Å². The molecule has 0 aliphatic rings. The lowest BCUT2D eigenvalue weighted by Gasteiger charge is -2.11. The van der Waals surface area contributed by atoms with Crippen molar-refractivity contribution in [2.24, 2.45) is 0 Å². The molecule has 0 saturated heterocycles. The highest BCUT2D eigenvalue weighted by atomic mass is 32.1. The first kappa shape index (κ1) is 11.8. The monoisotopic (exact) mass is 272 g/mol. The van der Waals surface area contributed by atoms with Gasteiger partial charge in [-0.1, -0.05) is 30.3 Å². The van der Waals surface area contributed by atoms with Crippen molar-refractivity contribution in [1.82, 2.24) is 0 Å². The Hall–Kier alpha value is -1.32. The lowest BCUT2D eigenvalue weighted by Crippen LogP contribution is -1.86. The maximum Gasteiger partial charge on any atom is 0.119 e. The lowest BCUT2D eigenvalue weighted by atomic mass is 10.0. The van der Waals surface area contributed by atoms with Gasteiger partial charge in [0, 0.05) is 15.2 Å². The zero-order valence-corrected chi connectivity index (χ0v) is 11.6. The normalized spacial score (nSPS) is 11.1. The van der Waals surface area contributed by atoms with Crippen LogP contribution < -0.4 is 4.74 Å². The molecule has 0 radical (unpaired) electrons. The molecule has 0 aliphatic carbocycles. The summed E-state index contributed by atoms with van der Waals surface area (Å²) < 4.78 is 5.27. The SMILES string of the molecule is COc1ccc2c(c1)c(S)c(S)c1ccccc12. The van der Waals surface area contributed by atoms with E-state index in [-0.39, 0.29) is 0 Å². The van der Waals surface area contributed by atoms with Gasteiger partial charge < -0.3 is 4.74 Å². The van der Waals surface area contributed by atoms with Crippen LogP contribution in [0.4, 0.5) is 0 Å². The molecule has 0 aromatic heterocycles. The first-order chi connectivity index (χ1) is 8.72. The van der Waals surface area contributed by atoms with Crippen LogP contribution in [0.5, 0.6) is 5.75 Å². The predicted molar refractivity (Wildman–Crippen MR) is 82.5 cm³/mol. The zero-order chi connectivity index (χ0) is 12.7. The largest absolute Gasteiger partial charge is 0.497 e. The quantitative estimate of drug-likeness (QED) is 0.487. The van der Waals surface area contributed by atoms with Crippen LogP contribution in [-0.4, -0.2) is 7.11 Å². The van der Waals surface area contributed by atoms with Gasteiger partial charge >= 0.3 is 0 Å². The van der Waals surface area contributed by atoms with Crippen molar-refractivity contribution in [3.05, 3.63) is 42.5 Å². The van der Waals surface area contributed by atoms with E-state index < -0.39 is 0 Å².